The zero-order valence-corrected chi connectivity index (χ0v) is 14.6. The van der Waals surface area contributed by atoms with Crippen LogP contribution >= 0.6 is 0 Å². The van der Waals surface area contributed by atoms with Crippen LogP contribution in [-0.2, 0) is 16.8 Å². The lowest BCUT2D eigenvalue weighted by Crippen LogP contribution is -2.36. The van der Waals surface area contributed by atoms with Gasteiger partial charge in [-0.05, 0) is 41.0 Å². The number of carbonyl (C=O) groups excluding carboxylic acids is 1. The Hall–Kier alpha value is -2.13. The maximum absolute atomic E-state index is 12.8. The van der Waals surface area contributed by atoms with Crippen molar-refractivity contribution in [3.8, 4) is 0 Å². The molecule has 2 aromatic rings. The van der Waals surface area contributed by atoms with Gasteiger partial charge < -0.3 is 10.1 Å². The molecule has 1 atom stereocenters. The lowest BCUT2D eigenvalue weighted by atomic mass is 9.71. The van der Waals surface area contributed by atoms with E-state index in [1.54, 1.807) is 7.11 Å². The van der Waals surface area contributed by atoms with Gasteiger partial charge in [0.2, 0.25) is 0 Å². The molecule has 0 saturated carbocycles. The highest BCUT2D eigenvalue weighted by Gasteiger charge is 2.33. The number of benzene rings is 2. The van der Waals surface area contributed by atoms with Gasteiger partial charge in [-0.3, -0.25) is 4.79 Å². The van der Waals surface area contributed by atoms with E-state index in [1.165, 1.54) is 11.1 Å². The predicted octanol–water partition coefficient (Wildman–Crippen LogP) is 4.38. The third-order valence-corrected chi connectivity index (χ3v) is 4.99. The maximum atomic E-state index is 12.8. The van der Waals surface area contributed by atoms with Crippen LogP contribution in [0.15, 0.2) is 48.5 Å². The molecule has 1 aliphatic rings. The van der Waals surface area contributed by atoms with E-state index in [4.69, 9.17) is 4.74 Å². The minimum atomic E-state index is -0.0258. The van der Waals surface area contributed by atoms with E-state index in [1.807, 2.05) is 24.3 Å². The molecule has 1 amide bonds. The fourth-order valence-electron chi connectivity index (χ4n) is 3.62. The van der Waals surface area contributed by atoms with E-state index in [-0.39, 0.29) is 17.4 Å². The zero-order chi connectivity index (χ0) is 17.2. The molecule has 0 radical (unpaired) electrons. The molecule has 0 heterocycles. The first-order chi connectivity index (χ1) is 11.5. The average molecular weight is 323 g/mol. The van der Waals surface area contributed by atoms with Gasteiger partial charge in [0, 0.05) is 12.7 Å². The van der Waals surface area contributed by atoms with E-state index < -0.39 is 0 Å². The summed E-state index contributed by atoms with van der Waals surface area (Å²) in [6, 6.07) is 16.2. The second-order valence-electron chi connectivity index (χ2n) is 7.13. The average Bonchev–Trinajstić information content (AvgIpc) is 2.58. The van der Waals surface area contributed by atoms with Crippen molar-refractivity contribution < 1.29 is 9.53 Å². The Kier molecular flexibility index (Phi) is 4.72. The van der Waals surface area contributed by atoms with E-state index in [0.29, 0.717) is 12.2 Å². The molecule has 3 nitrogen and oxygen atoms in total. The molecule has 2 aromatic carbocycles. The number of hydrogen-bond donors (Lipinski definition) is 1. The van der Waals surface area contributed by atoms with E-state index in [2.05, 4.69) is 43.4 Å². The van der Waals surface area contributed by atoms with Gasteiger partial charge in [-0.15, -0.1) is 0 Å². The highest BCUT2D eigenvalue weighted by atomic mass is 16.5. The fraction of sp³-hybridized carbons (Fsp3) is 0.381. The van der Waals surface area contributed by atoms with Crippen LogP contribution in [0, 0.1) is 0 Å². The van der Waals surface area contributed by atoms with E-state index in [0.717, 1.165) is 18.4 Å². The van der Waals surface area contributed by atoms with Crippen molar-refractivity contribution in [2.75, 3.05) is 7.11 Å². The third kappa shape index (κ3) is 3.22. The van der Waals surface area contributed by atoms with Crippen LogP contribution in [0.25, 0.3) is 0 Å². The summed E-state index contributed by atoms with van der Waals surface area (Å²) < 4.78 is 5.21. The molecule has 0 aromatic heterocycles. The van der Waals surface area contributed by atoms with Crippen molar-refractivity contribution in [2.45, 2.75) is 44.8 Å². The number of methoxy groups -OCH3 is 1. The predicted molar refractivity (Wildman–Crippen MR) is 96.1 cm³/mol. The quantitative estimate of drug-likeness (QED) is 0.907. The molecule has 3 heteroatoms. The topological polar surface area (TPSA) is 38.3 Å². The number of rotatable bonds is 4. The first kappa shape index (κ1) is 16.7. The van der Waals surface area contributed by atoms with Gasteiger partial charge in [-0.25, -0.2) is 0 Å². The Labute approximate surface area is 144 Å². The van der Waals surface area contributed by atoms with Gasteiger partial charge in [0.15, 0.2) is 0 Å². The summed E-state index contributed by atoms with van der Waals surface area (Å²) in [6.45, 7) is 4.99. The summed E-state index contributed by atoms with van der Waals surface area (Å²) in [5, 5.41) is 3.23. The van der Waals surface area contributed by atoms with Crippen molar-refractivity contribution in [3.63, 3.8) is 0 Å². The Bertz CT molecular complexity index is 736. The highest BCUT2D eigenvalue weighted by Crippen LogP contribution is 2.41. The van der Waals surface area contributed by atoms with Crippen LogP contribution in [0.4, 0.5) is 0 Å². The lowest BCUT2D eigenvalue weighted by Gasteiger charge is -2.37. The third-order valence-electron chi connectivity index (χ3n) is 4.99. The monoisotopic (exact) mass is 323 g/mol. The minimum absolute atomic E-state index is 0.0258. The van der Waals surface area contributed by atoms with E-state index >= 15 is 0 Å². The molecule has 0 spiro atoms. The number of hydrogen-bond acceptors (Lipinski definition) is 2. The summed E-state index contributed by atoms with van der Waals surface area (Å²) in [6.07, 6.45) is 2.02. The Balaban J connectivity index is 1.86. The van der Waals surface area contributed by atoms with Crippen molar-refractivity contribution in [1.29, 1.82) is 0 Å². The molecule has 0 aliphatic heterocycles. The van der Waals surface area contributed by atoms with Gasteiger partial charge in [0.25, 0.3) is 5.91 Å². The smallest absolute Gasteiger partial charge is 0.252 e. The second kappa shape index (κ2) is 6.78. The highest BCUT2D eigenvalue weighted by molar-refractivity contribution is 5.96. The Morgan fingerprint density at radius 3 is 2.67 bits per heavy atom. The molecule has 1 unspecified atom stereocenters. The SMILES string of the molecule is COCc1ccccc1C(=O)NC1CCC(C)(C)c2ccccc21. The Morgan fingerprint density at radius 2 is 1.88 bits per heavy atom. The summed E-state index contributed by atoms with van der Waals surface area (Å²) in [7, 11) is 1.65. The molecule has 0 bridgehead atoms. The second-order valence-corrected chi connectivity index (χ2v) is 7.13. The summed E-state index contributed by atoms with van der Waals surface area (Å²) in [4.78, 5) is 12.8. The van der Waals surface area contributed by atoms with Crippen LogP contribution in [0.5, 0.6) is 0 Å². The number of ether oxygens (including phenoxy) is 1. The van der Waals surface area contributed by atoms with Gasteiger partial charge in [0.05, 0.1) is 12.6 Å². The van der Waals surface area contributed by atoms with Gasteiger partial charge >= 0.3 is 0 Å². The van der Waals surface area contributed by atoms with Crippen LogP contribution < -0.4 is 5.32 Å². The van der Waals surface area contributed by atoms with Gasteiger partial charge in [-0.2, -0.15) is 0 Å². The molecule has 0 saturated heterocycles. The summed E-state index contributed by atoms with van der Waals surface area (Å²) >= 11 is 0. The van der Waals surface area contributed by atoms with Gasteiger partial charge in [0.1, 0.15) is 0 Å². The maximum Gasteiger partial charge on any atom is 0.252 e. The summed E-state index contributed by atoms with van der Waals surface area (Å²) in [5.41, 5.74) is 4.35. The number of carbonyl (C=O) groups is 1. The standard InChI is InChI=1S/C21H25NO2/c1-21(2)13-12-19(17-10-6-7-11-18(17)21)22-20(23)16-9-5-4-8-15(16)14-24-3/h4-11,19H,12-14H2,1-3H3,(H,22,23). The molecular weight excluding hydrogens is 298 g/mol. The molecule has 3 rings (SSSR count). The molecule has 0 fully saturated rings. The van der Waals surface area contributed by atoms with Crippen LogP contribution in [0.1, 0.15) is 59.8 Å². The minimum Gasteiger partial charge on any atom is -0.380 e. The molecule has 1 N–H and O–H groups in total. The van der Waals surface area contributed by atoms with Crippen LogP contribution in [-0.4, -0.2) is 13.0 Å². The normalized spacial score (nSPS) is 18.7. The van der Waals surface area contributed by atoms with Gasteiger partial charge in [-0.1, -0.05) is 56.3 Å². The number of fused-ring (bicyclic) bond motifs is 1. The lowest BCUT2D eigenvalue weighted by molar-refractivity contribution is 0.0924. The molecule has 126 valence electrons. The molecular formula is C21H25NO2. The first-order valence-electron chi connectivity index (χ1n) is 8.50. The zero-order valence-electron chi connectivity index (χ0n) is 14.6. The fourth-order valence-corrected chi connectivity index (χ4v) is 3.62. The molecule has 24 heavy (non-hydrogen) atoms. The Morgan fingerprint density at radius 1 is 1.17 bits per heavy atom. The first-order valence-corrected chi connectivity index (χ1v) is 8.50. The number of nitrogens with one attached hydrogen (secondary N) is 1. The van der Waals surface area contributed by atoms with Crippen LogP contribution in [0.3, 0.4) is 0 Å². The van der Waals surface area contributed by atoms with E-state index in [9.17, 15) is 4.79 Å². The van der Waals surface area contributed by atoms with Crippen molar-refractivity contribution >= 4 is 5.91 Å². The van der Waals surface area contributed by atoms with Crippen molar-refractivity contribution in [3.05, 3.63) is 70.8 Å². The van der Waals surface area contributed by atoms with Crippen molar-refractivity contribution in [1.82, 2.24) is 5.32 Å². The van der Waals surface area contributed by atoms with Crippen LogP contribution in [0.2, 0.25) is 0 Å². The number of amides is 1. The van der Waals surface area contributed by atoms with Crippen molar-refractivity contribution in [2.24, 2.45) is 0 Å². The molecule has 1 aliphatic carbocycles. The largest absolute Gasteiger partial charge is 0.380 e. The summed E-state index contributed by atoms with van der Waals surface area (Å²) in [5.74, 6) is -0.0258.